The van der Waals surface area contributed by atoms with Gasteiger partial charge < -0.3 is 15.0 Å². The van der Waals surface area contributed by atoms with Crippen LogP contribution < -0.4 is 10.2 Å². The molecule has 1 saturated heterocycles. The molecule has 0 unspecified atom stereocenters. The summed E-state index contributed by atoms with van der Waals surface area (Å²) in [6.07, 6.45) is 1.64. The lowest BCUT2D eigenvalue weighted by atomic mass is 10.1. The fourth-order valence-corrected chi connectivity index (χ4v) is 4.13. The van der Waals surface area contributed by atoms with Crippen molar-refractivity contribution in [3.63, 3.8) is 0 Å². The zero-order chi connectivity index (χ0) is 19.8. The molecule has 3 heterocycles. The Morgan fingerprint density at radius 2 is 2.03 bits per heavy atom. The number of ether oxygens (including phenoxy) is 1. The minimum Gasteiger partial charge on any atom is -0.365 e. The Kier molecular flexibility index (Phi) is 4.38. The average molecular weight is 383 g/mol. The zero-order valence-corrected chi connectivity index (χ0v) is 16.2. The molecule has 0 spiro atoms. The van der Waals surface area contributed by atoms with Crippen molar-refractivity contribution in [1.82, 2.24) is 4.98 Å². The number of aromatic nitrogens is 1. The average Bonchev–Trinajstić information content (AvgIpc) is 2.77. The summed E-state index contributed by atoms with van der Waals surface area (Å²) in [4.78, 5) is 11.5. The Labute approximate surface area is 169 Å². The maximum Gasteiger partial charge on any atom is 0.133 e. The van der Waals surface area contributed by atoms with E-state index in [1.807, 2.05) is 36.4 Å². The Bertz CT molecular complexity index is 1150. The molecule has 0 aliphatic carbocycles. The van der Waals surface area contributed by atoms with Gasteiger partial charge in [-0.3, -0.25) is 9.98 Å². The lowest BCUT2D eigenvalue weighted by Crippen LogP contribution is -2.51. The number of nitriles is 1. The minimum atomic E-state index is -0.144. The molecule has 0 radical (unpaired) electrons. The summed E-state index contributed by atoms with van der Waals surface area (Å²) in [7, 11) is 0. The van der Waals surface area contributed by atoms with Gasteiger partial charge in [0.05, 0.1) is 30.3 Å². The number of pyridine rings is 1. The van der Waals surface area contributed by atoms with Gasteiger partial charge in [-0.1, -0.05) is 18.2 Å². The second-order valence-electron chi connectivity index (χ2n) is 7.47. The third-order valence-corrected chi connectivity index (χ3v) is 5.47. The fraction of sp³-hybridized carbons (Fsp3) is 0.261. The van der Waals surface area contributed by atoms with Crippen molar-refractivity contribution in [3.05, 3.63) is 65.9 Å². The molecule has 6 heteroatoms. The number of para-hydroxylation sites is 1. The minimum absolute atomic E-state index is 0.0535. The molecule has 1 N–H and O–H groups in total. The number of aliphatic imine (C=N–C) groups is 1. The van der Waals surface area contributed by atoms with E-state index in [1.165, 1.54) is 5.56 Å². The van der Waals surface area contributed by atoms with E-state index >= 15 is 0 Å². The molecule has 0 saturated carbocycles. The van der Waals surface area contributed by atoms with Crippen LogP contribution in [0.15, 0.2) is 59.7 Å². The van der Waals surface area contributed by atoms with Crippen LogP contribution in [0.4, 0.5) is 11.4 Å². The Morgan fingerprint density at radius 1 is 1.14 bits per heavy atom. The van der Waals surface area contributed by atoms with Gasteiger partial charge in [0.25, 0.3) is 0 Å². The molecule has 2 atom stereocenters. The van der Waals surface area contributed by atoms with E-state index in [9.17, 15) is 5.26 Å². The van der Waals surface area contributed by atoms with E-state index in [1.54, 1.807) is 6.20 Å². The summed E-state index contributed by atoms with van der Waals surface area (Å²) < 4.78 is 6.25. The summed E-state index contributed by atoms with van der Waals surface area (Å²) in [5, 5.41) is 13.9. The van der Waals surface area contributed by atoms with Crippen LogP contribution in [0, 0.1) is 11.3 Å². The first-order chi connectivity index (χ1) is 14.2. The molecule has 2 aromatic carbocycles. The third kappa shape index (κ3) is 3.20. The SMILES string of the molecule is C[C@@H]1CN(c2ccc(C#N)c3ncccc23)C[C@H](C2=NCc3ccccc3N2)O1. The highest BCUT2D eigenvalue weighted by Crippen LogP contribution is 2.31. The number of benzene rings is 2. The highest BCUT2D eigenvalue weighted by atomic mass is 16.5. The number of hydrogen-bond acceptors (Lipinski definition) is 6. The number of nitrogens with one attached hydrogen (secondary N) is 1. The van der Waals surface area contributed by atoms with Gasteiger partial charge in [-0.2, -0.15) is 5.26 Å². The van der Waals surface area contributed by atoms with E-state index in [0.29, 0.717) is 18.7 Å². The molecule has 6 nitrogen and oxygen atoms in total. The van der Waals surface area contributed by atoms with Crippen molar-refractivity contribution in [3.8, 4) is 6.07 Å². The highest BCUT2D eigenvalue weighted by molar-refractivity contribution is 6.01. The lowest BCUT2D eigenvalue weighted by Gasteiger charge is -2.39. The number of nitrogens with zero attached hydrogens (tertiary/aromatic N) is 4. The number of fused-ring (bicyclic) bond motifs is 2. The van der Waals surface area contributed by atoms with Crippen molar-refractivity contribution < 1.29 is 4.74 Å². The molecule has 29 heavy (non-hydrogen) atoms. The van der Waals surface area contributed by atoms with Crippen molar-refractivity contribution >= 4 is 28.1 Å². The van der Waals surface area contributed by atoms with Gasteiger partial charge in [-0.05, 0) is 42.8 Å². The van der Waals surface area contributed by atoms with Crippen LogP contribution in [0.5, 0.6) is 0 Å². The Morgan fingerprint density at radius 3 is 2.93 bits per heavy atom. The summed E-state index contributed by atoms with van der Waals surface area (Å²) in [6.45, 7) is 4.21. The van der Waals surface area contributed by atoms with Crippen LogP contribution in [0.3, 0.4) is 0 Å². The molecule has 144 valence electrons. The first kappa shape index (κ1) is 17.7. The van der Waals surface area contributed by atoms with Gasteiger partial charge in [0.15, 0.2) is 0 Å². The summed E-state index contributed by atoms with van der Waals surface area (Å²) in [5.74, 6) is 0.872. The zero-order valence-electron chi connectivity index (χ0n) is 16.2. The second kappa shape index (κ2) is 7.19. The highest BCUT2D eigenvalue weighted by Gasteiger charge is 2.31. The van der Waals surface area contributed by atoms with Crippen molar-refractivity contribution in [2.75, 3.05) is 23.3 Å². The monoisotopic (exact) mass is 383 g/mol. The predicted octanol–water partition coefficient (Wildman–Crippen LogP) is 3.72. The van der Waals surface area contributed by atoms with Gasteiger partial charge >= 0.3 is 0 Å². The summed E-state index contributed by atoms with van der Waals surface area (Å²) >= 11 is 0. The Balaban J connectivity index is 1.47. The molecule has 3 aromatic rings. The molecular weight excluding hydrogens is 362 g/mol. The molecule has 0 amide bonds. The maximum absolute atomic E-state index is 9.42. The van der Waals surface area contributed by atoms with E-state index in [-0.39, 0.29) is 12.2 Å². The van der Waals surface area contributed by atoms with Crippen molar-refractivity contribution in [2.24, 2.45) is 4.99 Å². The van der Waals surface area contributed by atoms with Gasteiger partial charge in [-0.25, -0.2) is 0 Å². The number of hydrogen-bond donors (Lipinski definition) is 1. The van der Waals surface area contributed by atoms with Crippen molar-refractivity contribution in [1.29, 1.82) is 5.26 Å². The van der Waals surface area contributed by atoms with Crippen LogP contribution in [-0.2, 0) is 11.3 Å². The molecule has 5 rings (SSSR count). The van der Waals surface area contributed by atoms with Crippen molar-refractivity contribution in [2.45, 2.75) is 25.7 Å². The largest absolute Gasteiger partial charge is 0.365 e. The van der Waals surface area contributed by atoms with Gasteiger partial charge in [-0.15, -0.1) is 0 Å². The first-order valence-electron chi connectivity index (χ1n) is 9.80. The van der Waals surface area contributed by atoms with Gasteiger partial charge in [0.2, 0.25) is 0 Å². The number of rotatable bonds is 2. The lowest BCUT2D eigenvalue weighted by molar-refractivity contribution is 0.0204. The van der Waals surface area contributed by atoms with E-state index in [4.69, 9.17) is 9.73 Å². The number of anilines is 2. The van der Waals surface area contributed by atoms with E-state index in [2.05, 4.69) is 40.3 Å². The first-order valence-corrected chi connectivity index (χ1v) is 9.80. The standard InChI is InChI=1S/C23H21N5O/c1-15-13-28(20-9-8-16(11-24)22-18(20)6-4-10-25-22)14-21(29-15)23-26-12-17-5-2-3-7-19(17)27-23/h2-10,15,21H,12-14H2,1H3,(H,26,27)/t15-,21-/m1/s1. The fourth-order valence-electron chi connectivity index (χ4n) is 4.13. The molecule has 2 aliphatic rings. The van der Waals surface area contributed by atoms with Gasteiger partial charge in [0.1, 0.15) is 18.0 Å². The molecule has 1 fully saturated rings. The normalized spacial score (nSPS) is 21.1. The summed E-state index contributed by atoms with van der Waals surface area (Å²) in [5.41, 5.74) is 4.70. The number of morpholine rings is 1. The smallest absolute Gasteiger partial charge is 0.133 e. The molecule has 0 bridgehead atoms. The van der Waals surface area contributed by atoms with Gasteiger partial charge in [0, 0.05) is 29.5 Å². The van der Waals surface area contributed by atoms with Crippen LogP contribution in [-0.4, -0.2) is 36.1 Å². The van der Waals surface area contributed by atoms with Crippen LogP contribution in [0.1, 0.15) is 18.1 Å². The van der Waals surface area contributed by atoms with Crippen LogP contribution in [0.25, 0.3) is 10.9 Å². The quantitative estimate of drug-likeness (QED) is 0.730. The molecular formula is C23H21N5O. The Hall–Kier alpha value is -3.43. The maximum atomic E-state index is 9.42. The molecule has 1 aromatic heterocycles. The summed E-state index contributed by atoms with van der Waals surface area (Å²) in [6, 6.07) is 18.3. The molecule has 2 aliphatic heterocycles. The number of amidine groups is 1. The van der Waals surface area contributed by atoms with Crippen LogP contribution in [0.2, 0.25) is 0 Å². The second-order valence-corrected chi connectivity index (χ2v) is 7.47. The third-order valence-electron chi connectivity index (χ3n) is 5.47. The van der Waals surface area contributed by atoms with E-state index in [0.717, 1.165) is 34.7 Å². The van der Waals surface area contributed by atoms with Crippen LogP contribution >= 0.6 is 0 Å². The van der Waals surface area contributed by atoms with E-state index < -0.39 is 0 Å². The predicted molar refractivity (Wildman–Crippen MR) is 114 cm³/mol. The topological polar surface area (TPSA) is 73.5 Å².